The molecule has 0 bridgehead atoms. The summed E-state index contributed by atoms with van der Waals surface area (Å²) in [6.45, 7) is 3.32. The molecule has 0 saturated heterocycles. The molecule has 102 valence electrons. The Hall–Kier alpha value is -1.40. The predicted molar refractivity (Wildman–Crippen MR) is 80.2 cm³/mol. The molecule has 0 spiro atoms. The molecular formula is C13H19N5S. The fraction of sp³-hybridized carbons (Fsp3) is 0.538. The molecule has 0 amide bonds. The highest BCUT2D eigenvalue weighted by Gasteiger charge is 2.23. The van der Waals surface area contributed by atoms with Gasteiger partial charge in [-0.05, 0) is 29.7 Å². The number of rotatable bonds is 4. The average molecular weight is 277 g/mol. The van der Waals surface area contributed by atoms with Crippen LogP contribution in [0.1, 0.15) is 26.2 Å². The molecule has 1 saturated carbocycles. The maximum absolute atomic E-state index is 5.42. The Morgan fingerprint density at radius 3 is 3.05 bits per heavy atom. The van der Waals surface area contributed by atoms with E-state index in [1.807, 2.05) is 5.38 Å². The molecule has 4 N–H and O–H groups in total. The molecule has 3 rings (SSSR count). The van der Waals surface area contributed by atoms with Crippen LogP contribution < -0.4 is 16.6 Å². The molecule has 2 aromatic rings. The minimum Gasteiger partial charge on any atom is -0.369 e. The van der Waals surface area contributed by atoms with Gasteiger partial charge >= 0.3 is 0 Å². The minimum absolute atomic E-state index is 0.469. The van der Waals surface area contributed by atoms with Crippen molar-refractivity contribution in [3.05, 3.63) is 11.4 Å². The lowest BCUT2D eigenvalue weighted by Gasteiger charge is -2.17. The van der Waals surface area contributed by atoms with Gasteiger partial charge in [0.1, 0.15) is 10.6 Å². The largest absolute Gasteiger partial charge is 0.369 e. The van der Waals surface area contributed by atoms with Crippen LogP contribution in [0.4, 0.5) is 11.8 Å². The van der Waals surface area contributed by atoms with E-state index in [-0.39, 0.29) is 0 Å². The van der Waals surface area contributed by atoms with Crippen molar-refractivity contribution >= 4 is 33.3 Å². The van der Waals surface area contributed by atoms with E-state index in [9.17, 15) is 0 Å². The third kappa shape index (κ3) is 2.50. The normalized spacial score (nSPS) is 22.8. The van der Waals surface area contributed by atoms with Gasteiger partial charge in [-0.15, -0.1) is 11.3 Å². The van der Waals surface area contributed by atoms with Gasteiger partial charge in [0.15, 0.2) is 0 Å². The second kappa shape index (κ2) is 5.30. The topological polar surface area (TPSA) is 75.9 Å². The van der Waals surface area contributed by atoms with Crippen LogP contribution in [0.15, 0.2) is 11.4 Å². The molecule has 1 aliphatic carbocycles. The van der Waals surface area contributed by atoms with Crippen LogP contribution in [0.25, 0.3) is 10.2 Å². The summed E-state index contributed by atoms with van der Waals surface area (Å²) in [6.07, 6.45) is 4.01. The van der Waals surface area contributed by atoms with Gasteiger partial charge in [0.25, 0.3) is 0 Å². The fourth-order valence-electron chi connectivity index (χ4n) is 2.81. The van der Waals surface area contributed by atoms with Crippen molar-refractivity contribution in [2.24, 2.45) is 17.7 Å². The Balaban J connectivity index is 1.81. The Bertz CT molecular complexity index is 567. The smallest absolute Gasteiger partial charge is 0.240 e. The molecule has 2 aromatic heterocycles. The zero-order valence-corrected chi connectivity index (χ0v) is 11.8. The standard InChI is InChI=1S/C13H19N5S/c1-8-3-2-4-9(8)7-15-11-10-5-6-19-12(10)17-13(16-11)18-14/h5-6,8-9H,2-4,7,14H2,1H3,(H2,15,16,17,18). The van der Waals surface area contributed by atoms with Crippen LogP contribution in [0.2, 0.25) is 0 Å². The number of anilines is 2. The summed E-state index contributed by atoms with van der Waals surface area (Å²) in [5.74, 6) is 8.33. The van der Waals surface area contributed by atoms with Crippen LogP contribution in [0.3, 0.4) is 0 Å². The second-order valence-corrected chi connectivity index (χ2v) is 6.12. The lowest BCUT2D eigenvalue weighted by atomic mass is 9.98. The van der Waals surface area contributed by atoms with E-state index in [4.69, 9.17) is 5.84 Å². The first-order chi connectivity index (χ1) is 9.28. The number of hydrazine groups is 1. The molecule has 19 heavy (non-hydrogen) atoms. The first-order valence-corrected chi connectivity index (χ1v) is 7.61. The number of nitrogen functional groups attached to an aromatic ring is 1. The molecule has 0 radical (unpaired) electrons. The van der Waals surface area contributed by atoms with Crippen LogP contribution in [-0.2, 0) is 0 Å². The van der Waals surface area contributed by atoms with Gasteiger partial charge in [0.2, 0.25) is 5.95 Å². The molecule has 6 heteroatoms. The van der Waals surface area contributed by atoms with Crippen molar-refractivity contribution in [2.75, 3.05) is 17.3 Å². The van der Waals surface area contributed by atoms with Crippen molar-refractivity contribution < 1.29 is 0 Å². The molecule has 0 aromatic carbocycles. The summed E-state index contributed by atoms with van der Waals surface area (Å²) in [4.78, 5) is 9.73. The Morgan fingerprint density at radius 1 is 1.42 bits per heavy atom. The number of nitrogens with two attached hydrogens (primary N) is 1. The maximum Gasteiger partial charge on any atom is 0.240 e. The highest BCUT2D eigenvalue weighted by molar-refractivity contribution is 7.16. The quantitative estimate of drug-likeness (QED) is 0.592. The molecule has 2 heterocycles. The number of thiophene rings is 1. The van der Waals surface area contributed by atoms with Crippen LogP contribution in [-0.4, -0.2) is 16.5 Å². The summed E-state index contributed by atoms with van der Waals surface area (Å²) in [7, 11) is 0. The third-order valence-electron chi connectivity index (χ3n) is 4.02. The number of hydrogen-bond donors (Lipinski definition) is 3. The van der Waals surface area contributed by atoms with E-state index in [1.165, 1.54) is 19.3 Å². The second-order valence-electron chi connectivity index (χ2n) is 5.23. The summed E-state index contributed by atoms with van der Waals surface area (Å²) < 4.78 is 0. The summed E-state index contributed by atoms with van der Waals surface area (Å²) in [6, 6.07) is 2.06. The zero-order chi connectivity index (χ0) is 13.2. The van der Waals surface area contributed by atoms with E-state index in [1.54, 1.807) is 11.3 Å². The van der Waals surface area contributed by atoms with E-state index in [2.05, 4.69) is 33.7 Å². The molecule has 0 aliphatic heterocycles. The van der Waals surface area contributed by atoms with Crippen molar-refractivity contribution in [2.45, 2.75) is 26.2 Å². The third-order valence-corrected chi connectivity index (χ3v) is 4.83. The van der Waals surface area contributed by atoms with E-state index in [0.29, 0.717) is 5.95 Å². The highest BCUT2D eigenvalue weighted by Crippen LogP contribution is 2.32. The van der Waals surface area contributed by atoms with Crippen molar-refractivity contribution in [3.8, 4) is 0 Å². The van der Waals surface area contributed by atoms with Crippen LogP contribution in [0.5, 0.6) is 0 Å². The van der Waals surface area contributed by atoms with Gasteiger partial charge in [-0.3, -0.25) is 5.43 Å². The zero-order valence-electron chi connectivity index (χ0n) is 11.0. The van der Waals surface area contributed by atoms with E-state index in [0.717, 1.165) is 34.4 Å². The Morgan fingerprint density at radius 2 is 2.32 bits per heavy atom. The van der Waals surface area contributed by atoms with Crippen molar-refractivity contribution in [3.63, 3.8) is 0 Å². The van der Waals surface area contributed by atoms with E-state index >= 15 is 0 Å². The maximum atomic E-state index is 5.42. The molecule has 2 unspecified atom stereocenters. The highest BCUT2D eigenvalue weighted by atomic mass is 32.1. The number of fused-ring (bicyclic) bond motifs is 1. The van der Waals surface area contributed by atoms with Gasteiger partial charge in [0, 0.05) is 6.54 Å². The molecule has 2 atom stereocenters. The van der Waals surface area contributed by atoms with Gasteiger partial charge in [-0.1, -0.05) is 19.8 Å². The van der Waals surface area contributed by atoms with Gasteiger partial charge < -0.3 is 5.32 Å². The lowest BCUT2D eigenvalue weighted by Crippen LogP contribution is -2.18. The number of nitrogens with zero attached hydrogens (tertiary/aromatic N) is 2. The average Bonchev–Trinajstić information content (AvgIpc) is 3.04. The monoisotopic (exact) mass is 277 g/mol. The number of hydrogen-bond acceptors (Lipinski definition) is 6. The number of nitrogens with one attached hydrogen (secondary N) is 2. The molecule has 5 nitrogen and oxygen atoms in total. The first kappa shape index (κ1) is 12.6. The summed E-state index contributed by atoms with van der Waals surface area (Å²) in [5, 5.41) is 6.59. The predicted octanol–water partition coefficient (Wildman–Crippen LogP) is 2.83. The first-order valence-electron chi connectivity index (χ1n) is 6.73. The fourth-order valence-corrected chi connectivity index (χ4v) is 3.57. The van der Waals surface area contributed by atoms with Crippen LogP contribution in [0, 0.1) is 11.8 Å². The van der Waals surface area contributed by atoms with E-state index < -0.39 is 0 Å². The SMILES string of the molecule is CC1CCCC1CNc1nc(NN)nc2sccc12. The van der Waals surface area contributed by atoms with Crippen LogP contribution >= 0.6 is 11.3 Å². The molecule has 1 fully saturated rings. The van der Waals surface area contributed by atoms with Crippen molar-refractivity contribution in [1.82, 2.24) is 9.97 Å². The van der Waals surface area contributed by atoms with Gasteiger partial charge in [0.05, 0.1) is 5.39 Å². The summed E-state index contributed by atoms with van der Waals surface area (Å²) in [5.41, 5.74) is 2.53. The van der Waals surface area contributed by atoms with Crippen molar-refractivity contribution in [1.29, 1.82) is 0 Å². The lowest BCUT2D eigenvalue weighted by molar-refractivity contribution is 0.439. The number of aromatic nitrogens is 2. The summed E-state index contributed by atoms with van der Waals surface area (Å²) >= 11 is 1.60. The Kier molecular flexibility index (Phi) is 3.52. The van der Waals surface area contributed by atoms with Gasteiger partial charge in [-0.2, -0.15) is 4.98 Å². The Labute approximate surface area is 116 Å². The minimum atomic E-state index is 0.469. The van der Waals surface area contributed by atoms with Gasteiger partial charge in [-0.25, -0.2) is 10.8 Å². The molecular weight excluding hydrogens is 258 g/mol. The molecule has 1 aliphatic rings.